The van der Waals surface area contributed by atoms with E-state index in [1.165, 1.54) is 12.1 Å². The van der Waals surface area contributed by atoms with Crippen LogP contribution in [0, 0.1) is 5.82 Å². The first-order valence-corrected chi connectivity index (χ1v) is 8.21. The van der Waals surface area contributed by atoms with Gasteiger partial charge in [-0.25, -0.2) is 4.39 Å². The Morgan fingerprint density at radius 3 is 2.70 bits per heavy atom. The quantitative estimate of drug-likeness (QED) is 0.905. The molecule has 0 radical (unpaired) electrons. The second-order valence-electron chi connectivity index (χ2n) is 5.96. The fraction of sp³-hybridized carbons (Fsp3) is 0.562. The van der Waals surface area contributed by atoms with Crippen molar-refractivity contribution in [2.45, 2.75) is 18.6 Å². The topological polar surface area (TPSA) is 44.8 Å². The SMILES string of the molecule is CO[C@@H]1CN[C@@H](C(=O)N2CCN(c3ccc(F)cc3Cl)CC2)C1. The molecule has 3 rings (SSSR count). The lowest BCUT2D eigenvalue weighted by Crippen LogP contribution is -2.53. The van der Waals surface area contributed by atoms with Gasteiger partial charge in [0.2, 0.25) is 5.91 Å². The summed E-state index contributed by atoms with van der Waals surface area (Å²) in [6.07, 6.45) is 0.836. The smallest absolute Gasteiger partial charge is 0.239 e. The Bertz CT molecular complexity index is 578. The molecule has 0 aliphatic carbocycles. The predicted molar refractivity (Wildman–Crippen MR) is 87.4 cm³/mol. The van der Waals surface area contributed by atoms with Crippen LogP contribution in [0.2, 0.25) is 5.02 Å². The molecule has 2 fully saturated rings. The molecule has 2 atom stereocenters. The summed E-state index contributed by atoms with van der Waals surface area (Å²) in [5, 5.41) is 3.63. The molecule has 7 heteroatoms. The van der Waals surface area contributed by atoms with Crippen LogP contribution in [-0.4, -0.2) is 62.8 Å². The van der Waals surface area contributed by atoms with Gasteiger partial charge in [-0.1, -0.05) is 11.6 Å². The largest absolute Gasteiger partial charge is 0.380 e. The second kappa shape index (κ2) is 7.03. The highest BCUT2D eigenvalue weighted by Gasteiger charge is 2.33. The first kappa shape index (κ1) is 16.5. The van der Waals surface area contributed by atoms with E-state index >= 15 is 0 Å². The molecule has 2 aliphatic rings. The molecule has 5 nitrogen and oxygen atoms in total. The van der Waals surface area contributed by atoms with Crippen molar-refractivity contribution in [3.63, 3.8) is 0 Å². The van der Waals surface area contributed by atoms with Crippen molar-refractivity contribution in [2.75, 3.05) is 44.7 Å². The molecule has 23 heavy (non-hydrogen) atoms. The minimum absolute atomic E-state index is 0.114. The fourth-order valence-electron chi connectivity index (χ4n) is 3.20. The lowest BCUT2D eigenvalue weighted by molar-refractivity contribution is -0.133. The van der Waals surface area contributed by atoms with Crippen molar-refractivity contribution < 1.29 is 13.9 Å². The number of methoxy groups -OCH3 is 1. The van der Waals surface area contributed by atoms with Gasteiger partial charge in [0.25, 0.3) is 0 Å². The van der Waals surface area contributed by atoms with E-state index in [2.05, 4.69) is 10.2 Å². The van der Waals surface area contributed by atoms with E-state index in [9.17, 15) is 9.18 Å². The van der Waals surface area contributed by atoms with E-state index < -0.39 is 0 Å². The Kier molecular flexibility index (Phi) is 5.04. The molecule has 0 spiro atoms. The van der Waals surface area contributed by atoms with Crippen LogP contribution in [0.3, 0.4) is 0 Å². The Labute approximate surface area is 140 Å². The van der Waals surface area contributed by atoms with Gasteiger partial charge >= 0.3 is 0 Å². The molecule has 2 saturated heterocycles. The number of anilines is 1. The normalized spacial score (nSPS) is 25.0. The van der Waals surface area contributed by atoms with Gasteiger partial charge in [0.15, 0.2) is 0 Å². The summed E-state index contributed by atoms with van der Waals surface area (Å²) in [6, 6.07) is 4.27. The first-order valence-electron chi connectivity index (χ1n) is 7.83. The number of benzene rings is 1. The van der Waals surface area contributed by atoms with Gasteiger partial charge in [-0.15, -0.1) is 0 Å². The summed E-state index contributed by atoms with van der Waals surface area (Å²) >= 11 is 6.11. The standard InChI is InChI=1S/C16H21ClFN3O2/c1-23-12-9-14(19-10-12)16(22)21-6-4-20(5-7-21)15-3-2-11(18)8-13(15)17/h2-3,8,12,14,19H,4-7,9-10H2,1H3/t12-,14+/m0/s1. The van der Waals surface area contributed by atoms with Gasteiger partial charge < -0.3 is 19.9 Å². The van der Waals surface area contributed by atoms with Crippen LogP contribution in [0.5, 0.6) is 0 Å². The van der Waals surface area contributed by atoms with Gasteiger partial charge in [0.05, 0.1) is 22.9 Å². The molecule has 1 aromatic rings. The third-order valence-corrected chi connectivity index (χ3v) is 4.87. The number of nitrogens with zero attached hydrogens (tertiary/aromatic N) is 2. The van der Waals surface area contributed by atoms with Gasteiger partial charge in [0, 0.05) is 39.8 Å². The molecule has 0 unspecified atom stereocenters. The third-order valence-electron chi connectivity index (χ3n) is 4.56. The maximum absolute atomic E-state index is 13.1. The summed E-state index contributed by atoms with van der Waals surface area (Å²) in [5.41, 5.74) is 0.818. The van der Waals surface area contributed by atoms with Crippen molar-refractivity contribution in [2.24, 2.45) is 0 Å². The molecule has 0 aromatic heterocycles. The summed E-state index contributed by atoms with van der Waals surface area (Å²) in [7, 11) is 1.67. The summed E-state index contributed by atoms with van der Waals surface area (Å²) in [5.74, 6) is -0.207. The predicted octanol–water partition coefficient (Wildman–Crippen LogP) is 1.50. The second-order valence-corrected chi connectivity index (χ2v) is 6.37. The van der Waals surface area contributed by atoms with E-state index in [0.717, 1.165) is 18.7 Å². The lowest BCUT2D eigenvalue weighted by Gasteiger charge is -2.37. The number of carbonyl (C=O) groups is 1. The Morgan fingerprint density at radius 2 is 2.09 bits per heavy atom. The monoisotopic (exact) mass is 341 g/mol. The minimum Gasteiger partial charge on any atom is -0.380 e. The number of carbonyl (C=O) groups excluding carboxylic acids is 1. The van der Waals surface area contributed by atoms with E-state index in [0.29, 0.717) is 31.2 Å². The molecule has 1 amide bonds. The van der Waals surface area contributed by atoms with Crippen LogP contribution in [0.15, 0.2) is 18.2 Å². The number of piperazine rings is 1. The third kappa shape index (κ3) is 3.59. The van der Waals surface area contributed by atoms with Crippen LogP contribution in [-0.2, 0) is 9.53 Å². The van der Waals surface area contributed by atoms with E-state index in [1.54, 1.807) is 13.2 Å². The highest BCUT2D eigenvalue weighted by molar-refractivity contribution is 6.33. The van der Waals surface area contributed by atoms with Crippen LogP contribution in [0.4, 0.5) is 10.1 Å². The van der Waals surface area contributed by atoms with Crippen LogP contribution in [0.1, 0.15) is 6.42 Å². The number of hydrogen-bond acceptors (Lipinski definition) is 4. The summed E-state index contributed by atoms with van der Waals surface area (Å²) in [6.45, 7) is 3.39. The van der Waals surface area contributed by atoms with Crippen molar-refractivity contribution in [1.29, 1.82) is 0 Å². The number of hydrogen-bond donors (Lipinski definition) is 1. The van der Waals surface area contributed by atoms with Gasteiger partial charge in [-0.2, -0.15) is 0 Å². The molecule has 2 heterocycles. The molecule has 0 bridgehead atoms. The molecule has 2 aliphatic heterocycles. The van der Waals surface area contributed by atoms with Crippen molar-refractivity contribution in [3.8, 4) is 0 Å². The van der Waals surface area contributed by atoms with Crippen molar-refractivity contribution >= 4 is 23.2 Å². The number of halogens is 2. The first-order chi connectivity index (χ1) is 11.1. The van der Waals surface area contributed by atoms with Gasteiger partial charge in [0.1, 0.15) is 5.82 Å². The van der Waals surface area contributed by atoms with Crippen LogP contribution in [0.25, 0.3) is 0 Å². The number of rotatable bonds is 3. The van der Waals surface area contributed by atoms with E-state index in [4.69, 9.17) is 16.3 Å². The Hall–Kier alpha value is -1.37. The van der Waals surface area contributed by atoms with Crippen LogP contribution < -0.4 is 10.2 Å². The Morgan fingerprint density at radius 1 is 1.35 bits per heavy atom. The highest BCUT2D eigenvalue weighted by Crippen LogP contribution is 2.27. The van der Waals surface area contributed by atoms with E-state index in [-0.39, 0.29) is 23.9 Å². The number of nitrogens with one attached hydrogen (secondary N) is 1. The molecule has 126 valence electrons. The number of amides is 1. The highest BCUT2D eigenvalue weighted by atomic mass is 35.5. The molecule has 1 aromatic carbocycles. The average molecular weight is 342 g/mol. The zero-order chi connectivity index (χ0) is 16.4. The zero-order valence-electron chi connectivity index (χ0n) is 13.1. The van der Waals surface area contributed by atoms with Crippen molar-refractivity contribution in [3.05, 3.63) is 29.0 Å². The molecule has 0 saturated carbocycles. The average Bonchev–Trinajstić information content (AvgIpc) is 3.03. The van der Waals surface area contributed by atoms with Gasteiger partial charge in [-0.3, -0.25) is 4.79 Å². The van der Waals surface area contributed by atoms with Gasteiger partial charge in [-0.05, 0) is 24.6 Å². The summed E-state index contributed by atoms with van der Waals surface area (Å²) < 4.78 is 18.4. The summed E-state index contributed by atoms with van der Waals surface area (Å²) in [4.78, 5) is 16.5. The minimum atomic E-state index is -0.340. The number of ether oxygens (including phenoxy) is 1. The lowest BCUT2D eigenvalue weighted by atomic mass is 10.1. The van der Waals surface area contributed by atoms with Crippen molar-refractivity contribution in [1.82, 2.24) is 10.2 Å². The van der Waals surface area contributed by atoms with E-state index in [1.807, 2.05) is 4.90 Å². The molecular weight excluding hydrogens is 321 g/mol. The fourth-order valence-corrected chi connectivity index (χ4v) is 3.48. The van der Waals surface area contributed by atoms with Crippen LogP contribution >= 0.6 is 11.6 Å². The zero-order valence-corrected chi connectivity index (χ0v) is 13.9. The molecular formula is C16H21ClFN3O2. The maximum atomic E-state index is 13.1. The Balaban J connectivity index is 1.57. The molecule has 1 N–H and O–H groups in total. The maximum Gasteiger partial charge on any atom is 0.239 e.